The molecule has 0 radical (unpaired) electrons. The molecule has 0 unspecified atom stereocenters. The molecule has 0 saturated carbocycles. The Bertz CT molecular complexity index is 475. The molecule has 1 aromatic rings. The summed E-state index contributed by atoms with van der Waals surface area (Å²) in [7, 11) is 0. The summed E-state index contributed by atoms with van der Waals surface area (Å²) in [5.74, 6) is -0.740. The molecule has 2 amide bonds. The van der Waals surface area contributed by atoms with Gasteiger partial charge in [0.1, 0.15) is 5.00 Å². The lowest BCUT2D eigenvalue weighted by Crippen LogP contribution is -2.38. The van der Waals surface area contributed by atoms with Crippen molar-refractivity contribution in [1.82, 2.24) is 4.90 Å². The van der Waals surface area contributed by atoms with Crippen molar-refractivity contribution in [1.29, 1.82) is 0 Å². The zero-order valence-electron chi connectivity index (χ0n) is 10.5. The van der Waals surface area contributed by atoms with Crippen molar-refractivity contribution >= 4 is 28.2 Å². The van der Waals surface area contributed by atoms with Gasteiger partial charge >= 0.3 is 0 Å². The van der Waals surface area contributed by atoms with E-state index in [1.807, 2.05) is 4.90 Å². The van der Waals surface area contributed by atoms with E-state index in [0.29, 0.717) is 10.6 Å². The van der Waals surface area contributed by atoms with Gasteiger partial charge in [0.05, 0.1) is 18.7 Å². The van der Waals surface area contributed by atoms with Crippen LogP contribution >= 0.6 is 11.3 Å². The number of amides is 2. The second kappa shape index (κ2) is 6.14. The summed E-state index contributed by atoms with van der Waals surface area (Å²) in [6.07, 6.45) is 1.90. The minimum atomic E-state index is -0.550. The van der Waals surface area contributed by atoms with Crippen molar-refractivity contribution in [2.45, 2.75) is 18.9 Å². The fourth-order valence-corrected chi connectivity index (χ4v) is 3.07. The quantitative estimate of drug-likeness (QED) is 0.721. The largest absolute Gasteiger partial charge is 0.395 e. The molecule has 1 aliphatic heterocycles. The maximum atomic E-state index is 11.9. The Kier molecular flexibility index (Phi) is 4.52. The van der Waals surface area contributed by atoms with Crippen LogP contribution in [0.25, 0.3) is 0 Å². The summed E-state index contributed by atoms with van der Waals surface area (Å²) in [6, 6.07) is 1.65. The Morgan fingerprint density at radius 2 is 2.37 bits per heavy atom. The first-order valence-corrected chi connectivity index (χ1v) is 7.02. The average molecular weight is 283 g/mol. The monoisotopic (exact) mass is 283 g/mol. The van der Waals surface area contributed by atoms with Gasteiger partial charge in [-0.2, -0.15) is 0 Å². The van der Waals surface area contributed by atoms with Crippen molar-refractivity contribution in [2.75, 3.05) is 25.0 Å². The number of nitrogens with two attached hydrogens (primary N) is 1. The highest BCUT2D eigenvalue weighted by molar-refractivity contribution is 7.14. The fraction of sp³-hybridized carbons (Fsp3) is 0.500. The summed E-state index contributed by atoms with van der Waals surface area (Å²) in [6.45, 7) is 1.10. The predicted molar refractivity (Wildman–Crippen MR) is 73.1 cm³/mol. The number of aliphatic hydroxyl groups excluding tert-OH is 1. The molecular weight excluding hydrogens is 266 g/mol. The molecule has 7 heteroatoms. The van der Waals surface area contributed by atoms with Crippen LogP contribution < -0.4 is 11.1 Å². The second-order valence-corrected chi connectivity index (χ2v) is 5.44. The van der Waals surface area contributed by atoms with Gasteiger partial charge in [-0.25, -0.2) is 0 Å². The fourth-order valence-electron chi connectivity index (χ4n) is 2.26. The second-order valence-electron chi connectivity index (χ2n) is 4.52. The normalized spacial score (nSPS) is 19.5. The summed E-state index contributed by atoms with van der Waals surface area (Å²) in [4.78, 5) is 25.0. The van der Waals surface area contributed by atoms with Gasteiger partial charge in [-0.1, -0.05) is 0 Å². The Labute approximate surface area is 115 Å². The molecule has 0 bridgehead atoms. The molecule has 0 aromatic carbocycles. The molecule has 104 valence electrons. The number of hydrogen-bond acceptors (Lipinski definition) is 5. The van der Waals surface area contributed by atoms with Gasteiger partial charge in [0.15, 0.2) is 0 Å². The van der Waals surface area contributed by atoms with Crippen LogP contribution in [0.5, 0.6) is 0 Å². The molecule has 0 spiro atoms. The molecule has 1 atom stereocenters. The van der Waals surface area contributed by atoms with Crippen molar-refractivity contribution in [3.8, 4) is 0 Å². The zero-order valence-corrected chi connectivity index (χ0v) is 11.3. The van der Waals surface area contributed by atoms with Crippen LogP contribution in [0.1, 0.15) is 23.2 Å². The van der Waals surface area contributed by atoms with Crippen molar-refractivity contribution in [3.63, 3.8) is 0 Å². The van der Waals surface area contributed by atoms with Gasteiger partial charge in [0.2, 0.25) is 5.91 Å². The van der Waals surface area contributed by atoms with Crippen LogP contribution in [0.4, 0.5) is 5.00 Å². The smallest absolute Gasteiger partial charge is 0.251 e. The van der Waals surface area contributed by atoms with Crippen molar-refractivity contribution in [3.05, 3.63) is 17.0 Å². The minimum absolute atomic E-state index is 0.0599. The Morgan fingerprint density at radius 3 is 3.05 bits per heavy atom. The molecule has 6 nitrogen and oxygen atoms in total. The van der Waals surface area contributed by atoms with Crippen LogP contribution in [0.2, 0.25) is 0 Å². The topological polar surface area (TPSA) is 95.7 Å². The van der Waals surface area contributed by atoms with Gasteiger partial charge in [-0.15, -0.1) is 11.3 Å². The van der Waals surface area contributed by atoms with Gasteiger partial charge in [-0.3, -0.25) is 14.5 Å². The number of carbonyl (C=O) groups excluding carboxylic acids is 2. The maximum absolute atomic E-state index is 11.9. The van der Waals surface area contributed by atoms with Gasteiger partial charge < -0.3 is 16.2 Å². The number of nitrogens with zero attached hydrogens (tertiary/aromatic N) is 1. The first kappa shape index (κ1) is 14.0. The van der Waals surface area contributed by atoms with Crippen LogP contribution in [-0.4, -0.2) is 47.6 Å². The lowest BCUT2D eigenvalue weighted by Gasteiger charge is -2.21. The molecular formula is C12H17N3O3S. The van der Waals surface area contributed by atoms with E-state index in [-0.39, 0.29) is 25.1 Å². The molecule has 19 heavy (non-hydrogen) atoms. The Hall–Kier alpha value is -1.44. The lowest BCUT2D eigenvalue weighted by atomic mass is 10.2. The summed E-state index contributed by atoms with van der Waals surface area (Å²) in [5.41, 5.74) is 5.55. The van der Waals surface area contributed by atoms with E-state index >= 15 is 0 Å². The van der Waals surface area contributed by atoms with E-state index in [2.05, 4.69) is 5.32 Å². The molecule has 4 N–H and O–H groups in total. The van der Waals surface area contributed by atoms with Gasteiger partial charge in [0, 0.05) is 6.04 Å². The Balaban J connectivity index is 1.94. The number of aliphatic hydroxyl groups is 1. The highest BCUT2D eigenvalue weighted by Crippen LogP contribution is 2.23. The molecule has 0 aliphatic carbocycles. The summed E-state index contributed by atoms with van der Waals surface area (Å²) < 4.78 is 0. The predicted octanol–water partition coefficient (Wildman–Crippen LogP) is 0.242. The van der Waals surface area contributed by atoms with Crippen LogP contribution in [0.15, 0.2) is 11.4 Å². The number of thiophene rings is 1. The first-order valence-electron chi connectivity index (χ1n) is 6.14. The zero-order chi connectivity index (χ0) is 13.8. The van der Waals surface area contributed by atoms with Gasteiger partial charge in [-0.05, 0) is 30.8 Å². The maximum Gasteiger partial charge on any atom is 0.251 e. The molecule has 1 fully saturated rings. The van der Waals surface area contributed by atoms with Crippen LogP contribution in [0, 0.1) is 0 Å². The minimum Gasteiger partial charge on any atom is -0.395 e. The SMILES string of the molecule is NC(=O)c1ccsc1NC(=O)CN1CCC[C@@H]1CO. The highest BCUT2D eigenvalue weighted by atomic mass is 32.1. The average Bonchev–Trinajstić information content (AvgIpc) is 2.97. The Morgan fingerprint density at radius 1 is 1.58 bits per heavy atom. The molecule has 1 aromatic heterocycles. The molecule has 1 saturated heterocycles. The summed E-state index contributed by atoms with van der Waals surface area (Å²) in [5, 5.41) is 14.1. The number of hydrogen-bond donors (Lipinski definition) is 3. The first-order chi connectivity index (χ1) is 9.11. The number of anilines is 1. The number of rotatable bonds is 5. The molecule has 2 heterocycles. The highest BCUT2D eigenvalue weighted by Gasteiger charge is 2.25. The van der Waals surface area contributed by atoms with Crippen LogP contribution in [-0.2, 0) is 4.79 Å². The van der Waals surface area contributed by atoms with Gasteiger partial charge in [0.25, 0.3) is 5.91 Å². The third-order valence-electron chi connectivity index (χ3n) is 3.24. The van der Waals surface area contributed by atoms with Crippen LogP contribution in [0.3, 0.4) is 0 Å². The lowest BCUT2D eigenvalue weighted by molar-refractivity contribution is -0.117. The van der Waals surface area contributed by atoms with E-state index in [1.54, 1.807) is 11.4 Å². The van der Waals surface area contributed by atoms with E-state index in [9.17, 15) is 14.7 Å². The van der Waals surface area contributed by atoms with E-state index in [0.717, 1.165) is 19.4 Å². The third kappa shape index (κ3) is 3.31. The van der Waals surface area contributed by atoms with Crippen molar-refractivity contribution < 1.29 is 14.7 Å². The number of likely N-dealkylation sites (tertiary alicyclic amines) is 1. The molecule has 1 aliphatic rings. The standard InChI is InChI=1S/C12H17N3O3S/c13-11(18)9-3-5-19-12(9)14-10(17)6-15-4-1-2-8(15)7-16/h3,5,8,16H,1-2,4,6-7H2,(H2,13,18)(H,14,17)/t8-/m1/s1. The third-order valence-corrected chi connectivity index (χ3v) is 4.07. The van der Waals surface area contributed by atoms with Crippen molar-refractivity contribution in [2.24, 2.45) is 5.73 Å². The number of primary amides is 1. The van der Waals surface area contributed by atoms with E-state index in [4.69, 9.17) is 5.73 Å². The summed E-state index contributed by atoms with van der Waals surface area (Å²) >= 11 is 1.27. The number of carbonyl (C=O) groups is 2. The number of nitrogens with one attached hydrogen (secondary N) is 1. The van der Waals surface area contributed by atoms with E-state index < -0.39 is 5.91 Å². The molecule has 2 rings (SSSR count). The van der Waals surface area contributed by atoms with E-state index in [1.165, 1.54) is 11.3 Å².